The van der Waals surface area contributed by atoms with E-state index >= 15 is 0 Å². The number of fused-ring (bicyclic) bond motifs is 1. The molecule has 0 aliphatic rings. The summed E-state index contributed by atoms with van der Waals surface area (Å²) in [5, 5.41) is 0.460. The van der Waals surface area contributed by atoms with Gasteiger partial charge in [-0.05, 0) is 54.0 Å². The van der Waals surface area contributed by atoms with Crippen LogP contribution >= 0.6 is 0 Å². The first-order valence-corrected chi connectivity index (χ1v) is 12.6. The van der Waals surface area contributed by atoms with Gasteiger partial charge in [-0.1, -0.05) is 49.0 Å². The molecule has 0 aliphatic heterocycles. The molecule has 0 aliphatic carbocycles. The van der Waals surface area contributed by atoms with Crippen LogP contribution in [0.2, 0.25) is 0 Å². The topological polar surface area (TPSA) is 75.5 Å². The van der Waals surface area contributed by atoms with Gasteiger partial charge >= 0.3 is 0 Å². The minimum atomic E-state index is -0.194. The molecular weight excluding hydrogens is 490 g/mol. The number of hydrogen-bond donors (Lipinski definition) is 0. The summed E-state index contributed by atoms with van der Waals surface area (Å²) in [6.45, 7) is 4.17. The quantitative estimate of drug-likeness (QED) is 0.237. The summed E-state index contributed by atoms with van der Waals surface area (Å²) in [7, 11) is 3.19. The highest BCUT2D eigenvalue weighted by Crippen LogP contribution is 2.26. The number of ether oxygens (including phenoxy) is 3. The van der Waals surface area contributed by atoms with Crippen molar-refractivity contribution in [3.8, 4) is 17.2 Å². The SMILES string of the molecule is C=Cc1nccc2c(=O)n(Cc3ccc(OC)cc3OC)c(COc3ccc(Cc4ccccc4)cc3)nc12. The smallest absolute Gasteiger partial charge is 0.261 e. The molecule has 7 heteroatoms. The number of hydrogen-bond acceptors (Lipinski definition) is 6. The maximum absolute atomic E-state index is 13.7. The first-order chi connectivity index (χ1) is 19.1. The van der Waals surface area contributed by atoms with E-state index in [4.69, 9.17) is 19.2 Å². The lowest BCUT2D eigenvalue weighted by Crippen LogP contribution is -2.27. The number of rotatable bonds is 10. The molecule has 0 amide bonds. The lowest BCUT2D eigenvalue weighted by atomic mass is 10.1. The fourth-order valence-corrected chi connectivity index (χ4v) is 4.47. The number of aromatic nitrogens is 3. The van der Waals surface area contributed by atoms with Gasteiger partial charge < -0.3 is 14.2 Å². The van der Waals surface area contributed by atoms with E-state index in [2.05, 4.69) is 23.7 Å². The molecule has 3 aromatic carbocycles. The van der Waals surface area contributed by atoms with E-state index in [0.717, 1.165) is 12.0 Å². The Kier molecular flexibility index (Phi) is 7.68. The normalized spacial score (nSPS) is 10.8. The summed E-state index contributed by atoms with van der Waals surface area (Å²) in [6, 6.07) is 25.5. The van der Waals surface area contributed by atoms with Crippen molar-refractivity contribution in [1.82, 2.24) is 14.5 Å². The second-order valence-electron chi connectivity index (χ2n) is 8.99. The molecule has 39 heavy (non-hydrogen) atoms. The molecule has 0 N–H and O–H groups in total. The minimum Gasteiger partial charge on any atom is -0.497 e. The highest BCUT2D eigenvalue weighted by atomic mass is 16.5. The van der Waals surface area contributed by atoms with Crippen LogP contribution in [0.5, 0.6) is 17.2 Å². The lowest BCUT2D eigenvalue weighted by molar-refractivity contribution is 0.288. The molecule has 0 atom stereocenters. The van der Waals surface area contributed by atoms with E-state index in [1.165, 1.54) is 11.1 Å². The average molecular weight is 520 g/mol. The Morgan fingerprint density at radius 3 is 2.36 bits per heavy atom. The van der Waals surface area contributed by atoms with Crippen molar-refractivity contribution in [3.63, 3.8) is 0 Å². The Morgan fingerprint density at radius 2 is 1.64 bits per heavy atom. The molecular formula is C32H29N3O4. The van der Waals surface area contributed by atoms with Crippen molar-refractivity contribution >= 4 is 17.0 Å². The predicted octanol–water partition coefficient (Wildman–Crippen LogP) is 5.67. The zero-order valence-corrected chi connectivity index (χ0v) is 22.0. The molecule has 5 aromatic rings. The Bertz CT molecular complexity index is 1660. The third kappa shape index (κ3) is 5.67. The van der Waals surface area contributed by atoms with Crippen LogP contribution in [0.4, 0.5) is 0 Å². The largest absolute Gasteiger partial charge is 0.497 e. The van der Waals surface area contributed by atoms with Crippen LogP contribution in [0.1, 0.15) is 28.2 Å². The van der Waals surface area contributed by atoms with Gasteiger partial charge in [0.05, 0.1) is 31.8 Å². The highest BCUT2D eigenvalue weighted by molar-refractivity contribution is 5.84. The summed E-state index contributed by atoms with van der Waals surface area (Å²) >= 11 is 0. The van der Waals surface area contributed by atoms with Crippen molar-refractivity contribution in [1.29, 1.82) is 0 Å². The van der Waals surface area contributed by atoms with Gasteiger partial charge in [-0.15, -0.1) is 0 Å². The number of methoxy groups -OCH3 is 2. The van der Waals surface area contributed by atoms with E-state index in [9.17, 15) is 4.79 Å². The van der Waals surface area contributed by atoms with Gasteiger partial charge in [-0.25, -0.2) is 4.98 Å². The van der Waals surface area contributed by atoms with Crippen LogP contribution in [-0.4, -0.2) is 28.8 Å². The zero-order valence-electron chi connectivity index (χ0n) is 22.0. The molecule has 196 valence electrons. The second-order valence-corrected chi connectivity index (χ2v) is 8.99. The number of benzene rings is 3. The maximum Gasteiger partial charge on any atom is 0.261 e. The van der Waals surface area contributed by atoms with E-state index < -0.39 is 0 Å². The van der Waals surface area contributed by atoms with E-state index in [1.807, 2.05) is 54.6 Å². The third-order valence-electron chi connectivity index (χ3n) is 6.54. The van der Waals surface area contributed by atoms with Crippen molar-refractivity contribution in [3.05, 3.63) is 130 Å². The molecule has 0 radical (unpaired) electrons. The van der Waals surface area contributed by atoms with Gasteiger partial charge in [-0.3, -0.25) is 14.3 Å². The first-order valence-electron chi connectivity index (χ1n) is 12.6. The standard InChI is InChI=1S/C32H29N3O4/c1-4-28-31-27(16-17-33-28)32(36)35(20-24-12-15-26(37-2)19-29(24)38-3)30(34-31)21-39-25-13-10-23(11-14-25)18-22-8-6-5-7-9-22/h4-17,19H,1,18,20-21H2,2-3H3. The van der Waals surface area contributed by atoms with E-state index in [-0.39, 0.29) is 18.7 Å². The predicted molar refractivity (Wildman–Crippen MR) is 153 cm³/mol. The van der Waals surface area contributed by atoms with Crippen molar-refractivity contribution in [2.24, 2.45) is 0 Å². The zero-order chi connectivity index (χ0) is 27.2. The fraction of sp³-hybridized carbons (Fsp3) is 0.156. The summed E-state index contributed by atoms with van der Waals surface area (Å²) in [6.07, 6.45) is 4.03. The molecule has 7 nitrogen and oxygen atoms in total. The lowest BCUT2D eigenvalue weighted by Gasteiger charge is -2.17. The molecule has 2 aromatic heterocycles. The number of nitrogens with zero attached hydrogens (tertiary/aromatic N) is 3. The van der Waals surface area contributed by atoms with Gasteiger partial charge in [0.2, 0.25) is 0 Å². The van der Waals surface area contributed by atoms with E-state index in [0.29, 0.717) is 39.7 Å². The van der Waals surface area contributed by atoms with Crippen LogP contribution in [0.3, 0.4) is 0 Å². The third-order valence-corrected chi connectivity index (χ3v) is 6.54. The molecule has 0 bridgehead atoms. The summed E-state index contributed by atoms with van der Waals surface area (Å²) < 4.78 is 18.6. The highest BCUT2D eigenvalue weighted by Gasteiger charge is 2.16. The van der Waals surface area contributed by atoms with Gasteiger partial charge in [0, 0.05) is 17.8 Å². The van der Waals surface area contributed by atoms with Crippen LogP contribution in [-0.2, 0) is 19.6 Å². The second kappa shape index (κ2) is 11.6. The maximum atomic E-state index is 13.7. The molecule has 0 saturated heterocycles. The summed E-state index contributed by atoms with van der Waals surface area (Å²) in [4.78, 5) is 22.9. The first kappa shape index (κ1) is 25.7. The molecule has 0 unspecified atom stereocenters. The van der Waals surface area contributed by atoms with Crippen LogP contribution < -0.4 is 19.8 Å². The Hall–Kier alpha value is -4.91. The van der Waals surface area contributed by atoms with Crippen LogP contribution in [0, 0.1) is 0 Å². The van der Waals surface area contributed by atoms with Gasteiger partial charge in [0.1, 0.15) is 29.4 Å². The Balaban J connectivity index is 1.47. The Labute approximate surface area is 227 Å². The fourth-order valence-electron chi connectivity index (χ4n) is 4.47. The molecule has 5 rings (SSSR count). The average Bonchev–Trinajstić information content (AvgIpc) is 2.98. The molecule has 2 heterocycles. The Morgan fingerprint density at radius 1 is 0.897 bits per heavy atom. The van der Waals surface area contributed by atoms with Gasteiger partial charge in [0.25, 0.3) is 5.56 Å². The van der Waals surface area contributed by atoms with Crippen LogP contribution in [0.15, 0.2) is 96.4 Å². The van der Waals surface area contributed by atoms with Gasteiger partial charge in [0.15, 0.2) is 5.82 Å². The number of pyridine rings is 1. The van der Waals surface area contributed by atoms with Crippen molar-refractivity contribution in [2.75, 3.05) is 14.2 Å². The molecule has 0 spiro atoms. The van der Waals surface area contributed by atoms with Crippen molar-refractivity contribution < 1.29 is 14.2 Å². The summed E-state index contributed by atoms with van der Waals surface area (Å²) in [5.74, 6) is 2.43. The summed E-state index contributed by atoms with van der Waals surface area (Å²) in [5.41, 5.74) is 4.09. The van der Waals surface area contributed by atoms with E-state index in [1.54, 1.807) is 43.2 Å². The van der Waals surface area contributed by atoms with Crippen molar-refractivity contribution in [2.45, 2.75) is 19.6 Å². The van der Waals surface area contributed by atoms with Crippen LogP contribution in [0.25, 0.3) is 17.0 Å². The minimum absolute atomic E-state index is 0.0904. The molecule has 0 saturated carbocycles. The monoisotopic (exact) mass is 519 g/mol. The van der Waals surface area contributed by atoms with Gasteiger partial charge in [-0.2, -0.15) is 0 Å². The molecule has 0 fully saturated rings.